The Morgan fingerprint density at radius 3 is 2.64 bits per heavy atom. The van der Waals surface area contributed by atoms with Gasteiger partial charge in [0.2, 0.25) is 0 Å². The average molecular weight is 494 g/mol. The molecule has 4 rings (SSSR count). The van der Waals surface area contributed by atoms with E-state index in [4.69, 9.17) is 20.2 Å². The van der Waals surface area contributed by atoms with Gasteiger partial charge in [0.05, 0.1) is 23.7 Å². The minimum absolute atomic E-state index is 0.216. The first-order valence-corrected chi connectivity index (χ1v) is 13.6. The highest BCUT2D eigenvalue weighted by Crippen LogP contribution is 2.31. The number of rotatable bonds is 15. The molecule has 1 fully saturated rings. The highest BCUT2D eigenvalue weighted by molar-refractivity contribution is 5.74. The number of imidazole rings is 1. The molecule has 7 heteroatoms. The Labute approximate surface area is 215 Å². The number of likely N-dealkylation sites (tertiary alicyclic amines) is 1. The Bertz CT molecular complexity index is 998. The van der Waals surface area contributed by atoms with E-state index in [1.54, 1.807) is 0 Å². The second-order valence-electron chi connectivity index (χ2n) is 9.89. The molecule has 196 valence electrons. The first-order chi connectivity index (χ1) is 17.7. The molecule has 0 amide bonds. The molecule has 1 unspecified atom stereocenters. The van der Waals surface area contributed by atoms with E-state index in [1.807, 2.05) is 24.3 Å². The fourth-order valence-corrected chi connectivity index (χ4v) is 4.72. The maximum atomic E-state index is 6.71. The van der Waals surface area contributed by atoms with Gasteiger partial charge < -0.3 is 30.4 Å². The molecule has 1 atom stereocenters. The Morgan fingerprint density at radius 1 is 1.03 bits per heavy atom. The Kier molecular flexibility index (Phi) is 10.6. The Balaban J connectivity index is 1.34. The molecule has 7 nitrogen and oxygen atoms in total. The van der Waals surface area contributed by atoms with Crippen LogP contribution in [-0.4, -0.2) is 67.4 Å². The highest BCUT2D eigenvalue weighted by Gasteiger charge is 2.26. The van der Waals surface area contributed by atoms with Crippen molar-refractivity contribution >= 4 is 11.0 Å². The van der Waals surface area contributed by atoms with Crippen LogP contribution in [0.15, 0.2) is 48.5 Å². The molecule has 36 heavy (non-hydrogen) atoms. The van der Waals surface area contributed by atoms with E-state index in [1.165, 1.54) is 6.42 Å². The smallest absolute Gasteiger partial charge is 0.141 e. The van der Waals surface area contributed by atoms with Gasteiger partial charge in [-0.3, -0.25) is 0 Å². The summed E-state index contributed by atoms with van der Waals surface area (Å²) in [6, 6.07) is 16.5. The number of aromatic amines is 1. The van der Waals surface area contributed by atoms with Gasteiger partial charge in [0.15, 0.2) is 0 Å². The number of unbranched alkanes of at least 4 members (excludes halogenated alkanes) is 3. The van der Waals surface area contributed by atoms with Crippen molar-refractivity contribution in [2.24, 2.45) is 5.73 Å². The summed E-state index contributed by atoms with van der Waals surface area (Å²) in [7, 11) is 2.17. The molecular weight excluding hydrogens is 450 g/mol. The lowest BCUT2D eigenvalue weighted by Gasteiger charge is -2.31. The van der Waals surface area contributed by atoms with E-state index in [-0.39, 0.29) is 12.2 Å². The number of para-hydroxylation sites is 2. The van der Waals surface area contributed by atoms with Gasteiger partial charge in [-0.1, -0.05) is 24.3 Å². The van der Waals surface area contributed by atoms with Crippen LogP contribution < -0.4 is 15.8 Å². The summed E-state index contributed by atoms with van der Waals surface area (Å²) in [4.78, 5) is 10.7. The summed E-state index contributed by atoms with van der Waals surface area (Å²) in [5.74, 6) is 1.74. The van der Waals surface area contributed by atoms with Gasteiger partial charge in [-0.05, 0) is 101 Å². The summed E-state index contributed by atoms with van der Waals surface area (Å²) >= 11 is 0. The van der Waals surface area contributed by atoms with Crippen molar-refractivity contribution in [1.82, 2.24) is 20.2 Å². The minimum Gasteiger partial charge on any atom is -0.494 e. The number of piperidine rings is 1. The van der Waals surface area contributed by atoms with Crippen LogP contribution in [0.25, 0.3) is 11.0 Å². The predicted octanol–water partition coefficient (Wildman–Crippen LogP) is 4.64. The second kappa shape index (κ2) is 14.3. The minimum atomic E-state index is -0.250. The van der Waals surface area contributed by atoms with Crippen LogP contribution in [0.3, 0.4) is 0 Å². The molecular formula is C29H43N5O2. The van der Waals surface area contributed by atoms with Gasteiger partial charge >= 0.3 is 0 Å². The van der Waals surface area contributed by atoms with Crippen molar-refractivity contribution in [3.8, 4) is 5.75 Å². The molecule has 2 heterocycles. The maximum absolute atomic E-state index is 6.71. The van der Waals surface area contributed by atoms with Gasteiger partial charge in [-0.15, -0.1) is 0 Å². The predicted molar refractivity (Wildman–Crippen MR) is 146 cm³/mol. The van der Waals surface area contributed by atoms with Crippen LogP contribution in [-0.2, 0) is 4.74 Å². The lowest BCUT2D eigenvalue weighted by atomic mass is 10.1. The zero-order valence-electron chi connectivity index (χ0n) is 21.8. The summed E-state index contributed by atoms with van der Waals surface area (Å²) in [6.07, 6.45) is 7.67. The van der Waals surface area contributed by atoms with Crippen LogP contribution in [0, 0.1) is 0 Å². The van der Waals surface area contributed by atoms with Crippen molar-refractivity contribution < 1.29 is 9.47 Å². The van der Waals surface area contributed by atoms with Gasteiger partial charge in [0.25, 0.3) is 0 Å². The first-order valence-electron chi connectivity index (χ1n) is 13.6. The summed E-state index contributed by atoms with van der Waals surface area (Å²) in [5, 5.41) is 3.49. The number of nitrogens with one attached hydrogen (secondary N) is 2. The second-order valence-corrected chi connectivity index (χ2v) is 9.89. The van der Waals surface area contributed by atoms with E-state index in [9.17, 15) is 0 Å². The summed E-state index contributed by atoms with van der Waals surface area (Å²) < 4.78 is 12.8. The van der Waals surface area contributed by atoms with E-state index >= 15 is 0 Å². The van der Waals surface area contributed by atoms with Crippen LogP contribution >= 0.6 is 0 Å². The van der Waals surface area contributed by atoms with Crippen molar-refractivity contribution in [2.75, 3.05) is 46.4 Å². The van der Waals surface area contributed by atoms with Gasteiger partial charge in [0, 0.05) is 13.1 Å². The third-order valence-electron chi connectivity index (χ3n) is 6.89. The van der Waals surface area contributed by atoms with Crippen LogP contribution in [0.4, 0.5) is 0 Å². The largest absolute Gasteiger partial charge is 0.494 e. The van der Waals surface area contributed by atoms with E-state index in [0.29, 0.717) is 0 Å². The number of benzene rings is 2. The number of ether oxygens (including phenoxy) is 2. The third-order valence-corrected chi connectivity index (χ3v) is 6.89. The fourth-order valence-electron chi connectivity index (χ4n) is 4.72. The van der Waals surface area contributed by atoms with Crippen molar-refractivity contribution in [2.45, 2.75) is 57.2 Å². The summed E-state index contributed by atoms with van der Waals surface area (Å²) in [6.45, 7) is 5.75. The van der Waals surface area contributed by atoms with Crippen LogP contribution in [0.1, 0.15) is 62.4 Å². The van der Waals surface area contributed by atoms with E-state index in [0.717, 1.165) is 106 Å². The van der Waals surface area contributed by atoms with Gasteiger partial charge in [-0.25, -0.2) is 4.98 Å². The maximum Gasteiger partial charge on any atom is 0.141 e. The van der Waals surface area contributed by atoms with Gasteiger partial charge in [-0.2, -0.15) is 0 Å². The lowest BCUT2D eigenvalue weighted by Crippen LogP contribution is -2.35. The highest BCUT2D eigenvalue weighted by atomic mass is 16.5. The number of nitrogens with two attached hydrogens (primary N) is 1. The SMILES string of the molecule is CN1CCC(OC(c2cccc(OCCCCCNCCCCN)c2)c2nc3ccccc3[nH]2)CC1. The first kappa shape index (κ1) is 26.6. The molecule has 0 bridgehead atoms. The van der Waals surface area contributed by atoms with Gasteiger partial charge in [0.1, 0.15) is 17.7 Å². The quantitative estimate of drug-likeness (QED) is 0.267. The van der Waals surface area contributed by atoms with Crippen molar-refractivity contribution in [1.29, 1.82) is 0 Å². The molecule has 2 aromatic carbocycles. The lowest BCUT2D eigenvalue weighted by molar-refractivity contribution is -0.0265. The van der Waals surface area contributed by atoms with Crippen LogP contribution in [0.2, 0.25) is 0 Å². The number of hydrogen-bond acceptors (Lipinski definition) is 6. The number of nitrogens with zero attached hydrogens (tertiary/aromatic N) is 2. The molecule has 1 aliphatic heterocycles. The zero-order valence-corrected chi connectivity index (χ0v) is 21.8. The monoisotopic (exact) mass is 493 g/mol. The van der Waals surface area contributed by atoms with E-state index in [2.05, 4.69) is 46.5 Å². The molecule has 0 radical (unpaired) electrons. The molecule has 0 spiro atoms. The average Bonchev–Trinajstić information content (AvgIpc) is 3.33. The number of hydrogen-bond donors (Lipinski definition) is 3. The normalized spacial score (nSPS) is 15.9. The van der Waals surface area contributed by atoms with Crippen molar-refractivity contribution in [3.05, 3.63) is 59.9 Å². The zero-order chi connectivity index (χ0) is 25.0. The third kappa shape index (κ3) is 8.03. The van der Waals surface area contributed by atoms with Crippen molar-refractivity contribution in [3.63, 3.8) is 0 Å². The number of H-pyrrole nitrogens is 1. The fraction of sp³-hybridized carbons (Fsp3) is 0.552. The number of fused-ring (bicyclic) bond motifs is 1. The molecule has 1 saturated heterocycles. The molecule has 3 aromatic rings. The summed E-state index contributed by atoms with van der Waals surface area (Å²) in [5.41, 5.74) is 8.61. The molecule has 0 saturated carbocycles. The molecule has 0 aliphatic carbocycles. The molecule has 1 aromatic heterocycles. The Hall–Kier alpha value is -2.45. The van der Waals surface area contributed by atoms with Crippen LogP contribution in [0.5, 0.6) is 5.75 Å². The molecule has 4 N–H and O–H groups in total. The topological polar surface area (TPSA) is 88.4 Å². The number of aromatic nitrogens is 2. The Morgan fingerprint density at radius 2 is 1.83 bits per heavy atom. The standard InChI is InChI=1S/C29H43N5O2/c1-34-19-14-24(15-20-34)36-28(29-32-26-12-3-4-13-27(26)33-29)23-10-9-11-25(22-23)35-21-8-2-6-17-31-18-7-5-16-30/h3-4,9-13,22,24,28,31H,2,5-8,14-21,30H2,1H3,(H,32,33). The van der Waals surface area contributed by atoms with E-state index < -0.39 is 0 Å². The molecule has 1 aliphatic rings.